The topological polar surface area (TPSA) is 34.1 Å². The fourth-order valence-corrected chi connectivity index (χ4v) is 2.50. The second-order valence-corrected chi connectivity index (χ2v) is 5.45. The number of benzene rings is 1. The standard InChI is InChI=1S/C12H7Br2F3N2O/c13-7-4-10(14)11(18-6-7)19-8-2-1-3-9(5-8)20-12(15,16)17/h1-6H,(H,18,19). The van der Waals surface area contributed by atoms with Gasteiger partial charge in [0.05, 0.1) is 4.47 Å². The molecule has 1 N–H and O–H groups in total. The molecule has 0 radical (unpaired) electrons. The third kappa shape index (κ3) is 4.38. The average molecular weight is 412 g/mol. The van der Waals surface area contributed by atoms with E-state index in [1.165, 1.54) is 18.2 Å². The first-order valence-electron chi connectivity index (χ1n) is 5.27. The molecule has 1 aromatic heterocycles. The average Bonchev–Trinajstić information content (AvgIpc) is 2.31. The molecule has 20 heavy (non-hydrogen) atoms. The predicted molar refractivity (Wildman–Crippen MR) is 76.0 cm³/mol. The van der Waals surface area contributed by atoms with E-state index in [0.717, 1.165) is 4.47 Å². The summed E-state index contributed by atoms with van der Waals surface area (Å²) in [5, 5.41) is 2.90. The lowest BCUT2D eigenvalue weighted by Crippen LogP contribution is -2.17. The lowest BCUT2D eigenvalue weighted by Gasteiger charge is -2.11. The van der Waals surface area contributed by atoms with Gasteiger partial charge in [0, 0.05) is 22.4 Å². The van der Waals surface area contributed by atoms with Crippen LogP contribution in [-0.2, 0) is 0 Å². The SMILES string of the molecule is FC(F)(F)Oc1cccc(Nc2ncc(Br)cc2Br)c1. The van der Waals surface area contributed by atoms with Crippen molar-refractivity contribution in [2.45, 2.75) is 6.36 Å². The fourth-order valence-electron chi connectivity index (χ4n) is 1.41. The summed E-state index contributed by atoms with van der Waals surface area (Å²) in [7, 11) is 0. The van der Waals surface area contributed by atoms with Crippen LogP contribution in [0.5, 0.6) is 5.75 Å². The third-order valence-electron chi connectivity index (χ3n) is 2.14. The highest BCUT2D eigenvalue weighted by atomic mass is 79.9. The Labute approximate surface area is 129 Å². The van der Waals surface area contributed by atoms with Gasteiger partial charge in [0.15, 0.2) is 0 Å². The minimum atomic E-state index is -4.71. The van der Waals surface area contributed by atoms with Crippen molar-refractivity contribution in [3.05, 3.63) is 45.5 Å². The highest BCUT2D eigenvalue weighted by Crippen LogP contribution is 2.29. The first kappa shape index (κ1) is 15.1. The van der Waals surface area contributed by atoms with Gasteiger partial charge in [-0.05, 0) is 50.1 Å². The Balaban J connectivity index is 2.19. The van der Waals surface area contributed by atoms with Gasteiger partial charge in [-0.3, -0.25) is 0 Å². The second-order valence-electron chi connectivity index (χ2n) is 3.68. The van der Waals surface area contributed by atoms with Crippen molar-refractivity contribution in [2.75, 3.05) is 5.32 Å². The molecule has 0 atom stereocenters. The molecule has 0 saturated carbocycles. The van der Waals surface area contributed by atoms with Crippen LogP contribution >= 0.6 is 31.9 Å². The van der Waals surface area contributed by atoms with E-state index in [2.05, 4.69) is 46.9 Å². The van der Waals surface area contributed by atoms with Crippen molar-refractivity contribution in [2.24, 2.45) is 0 Å². The third-order valence-corrected chi connectivity index (χ3v) is 3.18. The van der Waals surface area contributed by atoms with E-state index in [0.29, 0.717) is 16.0 Å². The number of rotatable bonds is 3. The van der Waals surface area contributed by atoms with E-state index in [-0.39, 0.29) is 5.75 Å². The number of ether oxygens (including phenoxy) is 1. The highest BCUT2D eigenvalue weighted by molar-refractivity contribution is 9.11. The molecule has 106 valence electrons. The molecule has 0 saturated heterocycles. The summed E-state index contributed by atoms with van der Waals surface area (Å²) in [5.41, 5.74) is 0.433. The Morgan fingerprint density at radius 2 is 1.90 bits per heavy atom. The number of hydrogen-bond acceptors (Lipinski definition) is 3. The zero-order valence-electron chi connectivity index (χ0n) is 9.71. The van der Waals surface area contributed by atoms with Gasteiger partial charge in [-0.25, -0.2) is 4.98 Å². The van der Waals surface area contributed by atoms with Gasteiger partial charge in [-0.2, -0.15) is 0 Å². The number of anilines is 2. The lowest BCUT2D eigenvalue weighted by atomic mass is 10.3. The van der Waals surface area contributed by atoms with Crippen LogP contribution in [0.3, 0.4) is 0 Å². The quantitative estimate of drug-likeness (QED) is 0.749. The monoisotopic (exact) mass is 410 g/mol. The first-order valence-corrected chi connectivity index (χ1v) is 6.86. The van der Waals surface area contributed by atoms with Crippen LogP contribution in [0.4, 0.5) is 24.7 Å². The molecule has 0 aliphatic carbocycles. The molecule has 1 aromatic carbocycles. The summed E-state index contributed by atoms with van der Waals surface area (Å²) < 4.78 is 41.7. The Hall–Kier alpha value is -1.28. The zero-order chi connectivity index (χ0) is 14.8. The Kier molecular flexibility index (Phi) is 4.54. The summed E-state index contributed by atoms with van der Waals surface area (Å²) in [4.78, 5) is 4.11. The molecule has 1 heterocycles. The summed E-state index contributed by atoms with van der Waals surface area (Å²) >= 11 is 6.57. The van der Waals surface area contributed by atoms with Crippen molar-refractivity contribution in [1.29, 1.82) is 0 Å². The van der Waals surface area contributed by atoms with Crippen LogP contribution in [-0.4, -0.2) is 11.3 Å². The molecule has 0 amide bonds. The van der Waals surface area contributed by atoms with Gasteiger partial charge in [-0.1, -0.05) is 6.07 Å². The number of hydrogen-bond donors (Lipinski definition) is 1. The number of nitrogens with zero attached hydrogens (tertiary/aromatic N) is 1. The first-order chi connectivity index (χ1) is 9.33. The minimum Gasteiger partial charge on any atom is -0.406 e. The maximum atomic E-state index is 12.1. The van der Waals surface area contributed by atoms with E-state index in [1.807, 2.05) is 0 Å². The molecule has 0 fully saturated rings. The fraction of sp³-hybridized carbons (Fsp3) is 0.0833. The number of alkyl halides is 3. The second kappa shape index (κ2) is 6.01. The Morgan fingerprint density at radius 3 is 2.55 bits per heavy atom. The molecular formula is C12H7Br2F3N2O. The van der Waals surface area contributed by atoms with Crippen LogP contribution in [0.25, 0.3) is 0 Å². The number of pyridine rings is 1. The summed E-state index contributed by atoms with van der Waals surface area (Å²) in [6.45, 7) is 0. The minimum absolute atomic E-state index is 0.296. The molecule has 0 unspecified atom stereocenters. The predicted octanol–water partition coefficient (Wildman–Crippen LogP) is 5.25. The van der Waals surface area contributed by atoms with Crippen molar-refractivity contribution in [3.63, 3.8) is 0 Å². The molecule has 3 nitrogen and oxygen atoms in total. The van der Waals surface area contributed by atoms with E-state index in [9.17, 15) is 13.2 Å². The van der Waals surface area contributed by atoms with Crippen molar-refractivity contribution in [3.8, 4) is 5.75 Å². The van der Waals surface area contributed by atoms with Gasteiger partial charge < -0.3 is 10.1 Å². The number of aromatic nitrogens is 1. The van der Waals surface area contributed by atoms with Crippen LogP contribution in [0.15, 0.2) is 45.5 Å². The smallest absolute Gasteiger partial charge is 0.406 e. The molecule has 8 heteroatoms. The van der Waals surface area contributed by atoms with Crippen molar-refractivity contribution >= 4 is 43.4 Å². The van der Waals surface area contributed by atoms with Crippen LogP contribution in [0, 0.1) is 0 Å². The molecule has 0 aliphatic rings. The van der Waals surface area contributed by atoms with E-state index in [4.69, 9.17) is 0 Å². The number of nitrogens with one attached hydrogen (secondary N) is 1. The summed E-state index contributed by atoms with van der Waals surface area (Å²) in [6, 6.07) is 7.30. The van der Waals surface area contributed by atoms with E-state index >= 15 is 0 Å². The molecule has 0 bridgehead atoms. The maximum absolute atomic E-state index is 12.1. The van der Waals surface area contributed by atoms with Crippen molar-refractivity contribution in [1.82, 2.24) is 4.98 Å². The maximum Gasteiger partial charge on any atom is 0.573 e. The van der Waals surface area contributed by atoms with Gasteiger partial charge >= 0.3 is 6.36 Å². The van der Waals surface area contributed by atoms with Gasteiger partial charge in [0.1, 0.15) is 11.6 Å². The van der Waals surface area contributed by atoms with E-state index < -0.39 is 6.36 Å². The van der Waals surface area contributed by atoms with Crippen LogP contribution < -0.4 is 10.1 Å². The molecule has 2 aromatic rings. The Bertz CT molecular complexity index is 620. The van der Waals surface area contributed by atoms with Gasteiger partial charge in [0.25, 0.3) is 0 Å². The van der Waals surface area contributed by atoms with Crippen LogP contribution in [0.2, 0.25) is 0 Å². The molecular weight excluding hydrogens is 405 g/mol. The molecule has 2 rings (SSSR count). The van der Waals surface area contributed by atoms with Crippen LogP contribution in [0.1, 0.15) is 0 Å². The largest absolute Gasteiger partial charge is 0.573 e. The lowest BCUT2D eigenvalue weighted by molar-refractivity contribution is -0.274. The number of halogens is 5. The molecule has 0 aliphatic heterocycles. The van der Waals surface area contributed by atoms with Gasteiger partial charge in [-0.15, -0.1) is 13.2 Å². The van der Waals surface area contributed by atoms with Crippen molar-refractivity contribution < 1.29 is 17.9 Å². The summed E-state index contributed by atoms with van der Waals surface area (Å²) in [6.07, 6.45) is -3.14. The zero-order valence-corrected chi connectivity index (χ0v) is 12.9. The normalized spacial score (nSPS) is 11.2. The molecule has 0 spiro atoms. The summed E-state index contributed by atoms with van der Waals surface area (Å²) in [5.74, 6) is 0.188. The Morgan fingerprint density at radius 1 is 1.15 bits per heavy atom. The highest BCUT2D eigenvalue weighted by Gasteiger charge is 2.31. The van der Waals surface area contributed by atoms with E-state index in [1.54, 1.807) is 18.3 Å². The van der Waals surface area contributed by atoms with Gasteiger partial charge in [0.2, 0.25) is 0 Å².